The summed E-state index contributed by atoms with van der Waals surface area (Å²) in [6, 6.07) is 3.55. The van der Waals surface area contributed by atoms with Gasteiger partial charge in [-0.3, -0.25) is 9.69 Å². The van der Waals surface area contributed by atoms with E-state index in [9.17, 15) is 22.4 Å². The molecule has 0 spiro atoms. The fourth-order valence-electron chi connectivity index (χ4n) is 4.18. The zero-order chi connectivity index (χ0) is 22.6. The molecule has 31 heavy (non-hydrogen) atoms. The van der Waals surface area contributed by atoms with Crippen LogP contribution in [-0.4, -0.2) is 56.0 Å². The second kappa shape index (κ2) is 9.84. The topological polar surface area (TPSA) is 77.2 Å². The first-order valence-electron chi connectivity index (χ1n) is 10.3. The van der Waals surface area contributed by atoms with Gasteiger partial charge in [-0.05, 0) is 61.3 Å². The number of carbonyl (C=O) groups is 1. The predicted molar refractivity (Wildman–Crippen MR) is 107 cm³/mol. The Bertz CT molecular complexity index is 808. The molecule has 2 N–H and O–H groups in total. The largest absolute Gasteiger partial charge is 0.484 e. The molecule has 10 heteroatoms. The molecule has 172 valence electrons. The fraction of sp³-hybridized carbons (Fsp3) is 0.619. The lowest BCUT2D eigenvalue weighted by Crippen LogP contribution is -2.39. The number of amides is 1. The van der Waals surface area contributed by atoms with Crippen molar-refractivity contribution < 1.29 is 31.8 Å². The highest BCUT2D eigenvalue weighted by Crippen LogP contribution is 2.35. The van der Waals surface area contributed by atoms with Gasteiger partial charge in [-0.15, -0.1) is 0 Å². The van der Waals surface area contributed by atoms with E-state index in [4.69, 9.17) is 15.2 Å². The molecule has 1 amide bonds. The van der Waals surface area contributed by atoms with Gasteiger partial charge in [0.15, 0.2) is 18.6 Å². The summed E-state index contributed by atoms with van der Waals surface area (Å²) in [5.74, 6) is -0.246. The number of nitrogens with two attached hydrogens (primary N) is 1. The number of carbonyl (C=O) groups excluding carboxylic acids is 1. The van der Waals surface area contributed by atoms with Gasteiger partial charge in [0.1, 0.15) is 12.4 Å². The van der Waals surface area contributed by atoms with Crippen LogP contribution in [0, 0.1) is 5.92 Å². The van der Waals surface area contributed by atoms with Crippen LogP contribution in [0.25, 0.3) is 0 Å². The van der Waals surface area contributed by atoms with Gasteiger partial charge in [-0.1, -0.05) is 6.07 Å². The highest BCUT2D eigenvalue weighted by atomic mass is 19.4. The molecule has 1 atom stereocenters. The number of halogens is 4. The van der Waals surface area contributed by atoms with Crippen molar-refractivity contribution in [1.82, 2.24) is 4.90 Å². The molecule has 6 nitrogen and oxygen atoms in total. The van der Waals surface area contributed by atoms with Gasteiger partial charge in [0.2, 0.25) is 0 Å². The van der Waals surface area contributed by atoms with Gasteiger partial charge in [0.25, 0.3) is 5.91 Å². The minimum absolute atomic E-state index is 0.00956. The number of ether oxygens (including phenoxy) is 2. The van der Waals surface area contributed by atoms with E-state index in [2.05, 4.69) is 4.99 Å². The minimum atomic E-state index is -4.48. The Morgan fingerprint density at radius 3 is 2.55 bits per heavy atom. The lowest BCUT2D eigenvalue weighted by Gasteiger charge is -2.28. The first-order valence-corrected chi connectivity index (χ1v) is 10.3. The van der Waals surface area contributed by atoms with Crippen molar-refractivity contribution in [2.75, 3.05) is 26.9 Å². The number of hydrogen-bond acceptors (Lipinski definition) is 5. The van der Waals surface area contributed by atoms with Crippen LogP contribution < -0.4 is 10.5 Å². The number of alkyl halides is 4. The Morgan fingerprint density at radius 1 is 1.23 bits per heavy atom. The fourth-order valence-corrected chi connectivity index (χ4v) is 4.18. The second-order valence-corrected chi connectivity index (χ2v) is 7.92. The second-order valence-electron chi connectivity index (χ2n) is 7.92. The Hall–Kier alpha value is -2.36. The molecule has 2 aliphatic rings. The zero-order valence-corrected chi connectivity index (χ0v) is 17.3. The quantitative estimate of drug-likeness (QED) is 0.621. The third-order valence-corrected chi connectivity index (χ3v) is 5.80. The molecule has 1 heterocycles. The molecule has 1 aliphatic carbocycles. The van der Waals surface area contributed by atoms with Crippen molar-refractivity contribution in [2.24, 2.45) is 16.6 Å². The summed E-state index contributed by atoms with van der Waals surface area (Å²) in [5, 5.41) is 0. The van der Waals surface area contributed by atoms with E-state index in [0.717, 1.165) is 36.1 Å². The van der Waals surface area contributed by atoms with E-state index in [1.165, 1.54) is 12.1 Å². The molecule has 1 unspecified atom stereocenters. The van der Waals surface area contributed by atoms with Gasteiger partial charge in [-0.2, -0.15) is 13.2 Å². The molecule has 1 fully saturated rings. The van der Waals surface area contributed by atoms with E-state index >= 15 is 0 Å². The summed E-state index contributed by atoms with van der Waals surface area (Å²) in [7, 11) is 1.69. The maximum absolute atomic E-state index is 12.8. The lowest BCUT2D eigenvalue weighted by molar-refractivity contribution is -0.153. The number of hydrogen-bond donors (Lipinski definition) is 1. The molecule has 0 bridgehead atoms. The normalized spacial score (nSPS) is 24.4. The summed E-state index contributed by atoms with van der Waals surface area (Å²) in [5.41, 5.74) is 7.05. The summed E-state index contributed by atoms with van der Waals surface area (Å²) in [4.78, 5) is 18.0. The number of rotatable bonds is 8. The third kappa shape index (κ3) is 5.87. The Labute approximate surface area is 178 Å². The summed E-state index contributed by atoms with van der Waals surface area (Å²) in [6.45, 7) is -2.44. The predicted octanol–water partition coefficient (Wildman–Crippen LogP) is 3.54. The lowest BCUT2D eigenvalue weighted by atomic mass is 9.82. The maximum atomic E-state index is 12.8. The summed E-state index contributed by atoms with van der Waals surface area (Å²) < 4.78 is 60.8. The van der Waals surface area contributed by atoms with E-state index in [1.54, 1.807) is 13.2 Å². The number of nitrogens with zero attached hydrogens (tertiary/aromatic N) is 2. The van der Waals surface area contributed by atoms with Crippen LogP contribution in [0.4, 0.5) is 17.6 Å². The zero-order valence-electron chi connectivity index (χ0n) is 17.3. The van der Waals surface area contributed by atoms with Gasteiger partial charge in [0.05, 0.1) is 12.6 Å². The molecular formula is C21H27F4N3O3. The number of guanidine groups is 1. The van der Waals surface area contributed by atoms with Crippen LogP contribution in [-0.2, 0) is 16.0 Å². The van der Waals surface area contributed by atoms with Gasteiger partial charge < -0.3 is 15.2 Å². The van der Waals surface area contributed by atoms with Crippen LogP contribution in [0.2, 0.25) is 0 Å². The van der Waals surface area contributed by atoms with E-state index < -0.39 is 31.4 Å². The van der Waals surface area contributed by atoms with Crippen LogP contribution in [0.15, 0.2) is 23.2 Å². The first-order chi connectivity index (χ1) is 14.7. The van der Waals surface area contributed by atoms with Crippen LogP contribution >= 0.6 is 0 Å². The summed E-state index contributed by atoms with van der Waals surface area (Å²) in [6.07, 6.45) is 0.159. The molecule has 0 aromatic heterocycles. The minimum Gasteiger partial charge on any atom is -0.484 e. The van der Waals surface area contributed by atoms with Gasteiger partial charge in [0, 0.05) is 7.11 Å². The maximum Gasteiger partial charge on any atom is 0.422 e. The van der Waals surface area contributed by atoms with Crippen molar-refractivity contribution in [1.29, 1.82) is 0 Å². The van der Waals surface area contributed by atoms with Crippen molar-refractivity contribution in [3.63, 3.8) is 0 Å². The molecule has 3 rings (SSSR count). The standard InChI is InChI=1S/C21H27F4N3O3/c1-30-15-5-2-13(3-6-15)10-14-4-7-16(31-12-21(23,24)25)11-17(14)18-19(29)28(9-8-22)20(26)27-18/h4,7,11,13,15,18H,2-3,5-6,8-10,12H2,1H3,(H2,26,27)/t13-,15+,18?. The van der Waals surface area contributed by atoms with Crippen LogP contribution in [0.5, 0.6) is 5.75 Å². The smallest absolute Gasteiger partial charge is 0.422 e. The van der Waals surface area contributed by atoms with Crippen molar-refractivity contribution in [2.45, 2.75) is 50.4 Å². The van der Waals surface area contributed by atoms with Crippen LogP contribution in [0.3, 0.4) is 0 Å². The Balaban J connectivity index is 1.85. The molecule has 0 radical (unpaired) electrons. The molecule has 1 saturated carbocycles. The third-order valence-electron chi connectivity index (χ3n) is 5.80. The van der Waals surface area contributed by atoms with Gasteiger partial charge >= 0.3 is 6.18 Å². The van der Waals surface area contributed by atoms with Crippen LogP contribution in [0.1, 0.15) is 42.9 Å². The number of methoxy groups -OCH3 is 1. The average molecular weight is 445 g/mol. The van der Waals surface area contributed by atoms with Crippen molar-refractivity contribution in [3.05, 3.63) is 29.3 Å². The summed E-state index contributed by atoms with van der Waals surface area (Å²) >= 11 is 0. The first kappa shape index (κ1) is 23.3. The number of benzene rings is 1. The molecule has 1 aromatic rings. The van der Waals surface area contributed by atoms with Gasteiger partial charge in [-0.25, -0.2) is 9.38 Å². The van der Waals surface area contributed by atoms with Crippen molar-refractivity contribution in [3.8, 4) is 5.75 Å². The average Bonchev–Trinajstić information content (AvgIpc) is 3.01. The number of aliphatic imine (C=N–C) groups is 1. The SMILES string of the molecule is CO[C@H]1CC[C@@H](Cc2ccc(OCC(F)(F)F)cc2C2N=C(N)N(CCF)C2=O)CC1. The molecular weight excluding hydrogens is 418 g/mol. The Morgan fingerprint density at radius 2 is 1.94 bits per heavy atom. The van der Waals surface area contributed by atoms with E-state index in [-0.39, 0.29) is 24.4 Å². The Kier molecular flexibility index (Phi) is 7.40. The monoisotopic (exact) mass is 445 g/mol. The van der Waals surface area contributed by atoms with Crippen molar-refractivity contribution >= 4 is 11.9 Å². The molecule has 1 aromatic carbocycles. The highest BCUT2D eigenvalue weighted by Gasteiger charge is 2.36. The van der Waals surface area contributed by atoms with E-state index in [1.807, 2.05) is 0 Å². The molecule has 0 saturated heterocycles. The highest BCUT2D eigenvalue weighted by molar-refractivity contribution is 6.04. The molecule has 1 aliphatic heterocycles. The van der Waals surface area contributed by atoms with E-state index in [0.29, 0.717) is 17.9 Å².